The number of hydrogen-bond acceptors (Lipinski definition) is 3. The molecule has 0 N–H and O–H groups in total. The van der Waals surface area contributed by atoms with Gasteiger partial charge >= 0.3 is 7.12 Å². The molecule has 0 aliphatic carbocycles. The fraction of sp³-hybridized carbons (Fsp3) is 0.400. The van der Waals surface area contributed by atoms with Crippen LogP contribution in [0.2, 0.25) is 0 Å². The van der Waals surface area contributed by atoms with Crippen molar-refractivity contribution >= 4 is 28.5 Å². The van der Waals surface area contributed by atoms with Crippen molar-refractivity contribution in [2.45, 2.75) is 52.4 Å². The average Bonchev–Trinajstić information content (AvgIpc) is 2.77. The predicted molar refractivity (Wildman–Crippen MR) is 105 cm³/mol. The molecule has 0 unspecified atom stereocenters. The number of ether oxygens (including phenoxy) is 1. The summed E-state index contributed by atoms with van der Waals surface area (Å²) in [4.78, 5) is 0. The normalized spacial score (nSPS) is 18.4. The van der Waals surface area contributed by atoms with E-state index in [-0.39, 0.29) is 18.3 Å². The van der Waals surface area contributed by atoms with E-state index in [1.165, 1.54) is 5.56 Å². The first-order valence-electron chi connectivity index (χ1n) is 8.51. The Bertz CT molecular complexity index is 740. The minimum Gasteiger partial charge on any atom is -0.488 e. The van der Waals surface area contributed by atoms with Crippen LogP contribution in [0.25, 0.3) is 0 Å². The second-order valence-corrected chi connectivity index (χ2v) is 8.41. The summed E-state index contributed by atoms with van der Waals surface area (Å²) >= 11 is 3.52. The summed E-state index contributed by atoms with van der Waals surface area (Å²) in [5.41, 5.74) is 2.66. The third kappa shape index (κ3) is 3.94. The van der Waals surface area contributed by atoms with Crippen molar-refractivity contribution in [1.29, 1.82) is 0 Å². The maximum Gasteiger partial charge on any atom is 0.494 e. The lowest BCUT2D eigenvalue weighted by Crippen LogP contribution is -2.41. The van der Waals surface area contributed by atoms with Crippen molar-refractivity contribution in [3.05, 3.63) is 58.1 Å². The molecule has 1 saturated heterocycles. The summed E-state index contributed by atoms with van der Waals surface area (Å²) in [5.74, 6) is 0.857. The highest BCUT2D eigenvalue weighted by Gasteiger charge is 2.51. The Hall–Kier alpha value is -1.30. The molecule has 3 rings (SSSR count). The third-order valence-corrected chi connectivity index (χ3v) is 5.64. The van der Waals surface area contributed by atoms with Gasteiger partial charge in [-0.3, -0.25) is 0 Å². The molecule has 0 amide bonds. The zero-order valence-electron chi connectivity index (χ0n) is 15.4. The van der Waals surface area contributed by atoms with Crippen LogP contribution in [-0.2, 0) is 15.9 Å². The molecule has 25 heavy (non-hydrogen) atoms. The van der Waals surface area contributed by atoms with E-state index in [9.17, 15) is 0 Å². The lowest BCUT2D eigenvalue weighted by molar-refractivity contribution is 0.00578. The van der Waals surface area contributed by atoms with E-state index in [0.29, 0.717) is 6.61 Å². The van der Waals surface area contributed by atoms with Crippen LogP contribution >= 0.6 is 15.9 Å². The first-order chi connectivity index (χ1) is 11.7. The summed E-state index contributed by atoms with van der Waals surface area (Å²) < 4.78 is 19.1. The molecule has 5 heteroatoms. The van der Waals surface area contributed by atoms with Crippen LogP contribution in [0, 0.1) is 6.92 Å². The molecule has 0 saturated carbocycles. The van der Waals surface area contributed by atoms with Crippen molar-refractivity contribution in [1.82, 2.24) is 0 Å². The van der Waals surface area contributed by atoms with Crippen LogP contribution in [-0.4, -0.2) is 18.3 Å². The largest absolute Gasteiger partial charge is 0.494 e. The van der Waals surface area contributed by atoms with Crippen molar-refractivity contribution in [3.63, 3.8) is 0 Å². The molecule has 2 aromatic carbocycles. The number of hydrogen-bond donors (Lipinski definition) is 0. The van der Waals surface area contributed by atoms with E-state index in [0.717, 1.165) is 21.2 Å². The quantitative estimate of drug-likeness (QED) is 0.697. The smallest absolute Gasteiger partial charge is 0.488 e. The van der Waals surface area contributed by atoms with Crippen molar-refractivity contribution in [3.8, 4) is 5.75 Å². The summed E-state index contributed by atoms with van der Waals surface area (Å²) in [7, 11) is -0.328. The molecule has 1 heterocycles. The van der Waals surface area contributed by atoms with E-state index in [2.05, 4.69) is 68.7 Å². The van der Waals surface area contributed by atoms with Gasteiger partial charge in [-0.1, -0.05) is 30.3 Å². The second-order valence-electron chi connectivity index (χ2n) is 7.55. The van der Waals surface area contributed by atoms with Crippen molar-refractivity contribution < 1.29 is 14.0 Å². The van der Waals surface area contributed by atoms with Crippen LogP contribution in [0.1, 0.15) is 38.8 Å². The highest BCUT2D eigenvalue weighted by atomic mass is 79.9. The van der Waals surface area contributed by atoms with Crippen molar-refractivity contribution in [2.75, 3.05) is 0 Å². The zero-order valence-corrected chi connectivity index (χ0v) is 17.0. The summed E-state index contributed by atoms with van der Waals surface area (Å²) in [5, 5.41) is 0. The Morgan fingerprint density at radius 1 is 0.960 bits per heavy atom. The van der Waals surface area contributed by atoms with Gasteiger partial charge in [0.25, 0.3) is 0 Å². The topological polar surface area (TPSA) is 27.7 Å². The van der Waals surface area contributed by atoms with Gasteiger partial charge in [0.1, 0.15) is 12.4 Å². The Labute approximate surface area is 159 Å². The highest BCUT2D eigenvalue weighted by molar-refractivity contribution is 9.10. The lowest BCUT2D eigenvalue weighted by atomic mass is 9.79. The van der Waals surface area contributed by atoms with Crippen LogP contribution in [0.4, 0.5) is 0 Å². The highest BCUT2D eigenvalue weighted by Crippen LogP contribution is 2.36. The van der Waals surface area contributed by atoms with Crippen LogP contribution < -0.4 is 10.2 Å². The van der Waals surface area contributed by atoms with E-state index in [4.69, 9.17) is 14.0 Å². The zero-order chi connectivity index (χ0) is 18.2. The van der Waals surface area contributed by atoms with Gasteiger partial charge in [0.2, 0.25) is 0 Å². The molecule has 1 aliphatic rings. The fourth-order valence-corrected chi connectivity index (χ4v) is 2.99. The standard InChI is InChI=1S/C20H24BBrO3/c1-14-6-11-17(22)18(12-14)23-13-15-7-9-16(10-8-15)21-24-19(2,3)20(4,5)25-21/h6-12H,13H2,1-5H3. The summed E-state index contributed by atoms with van der Waals surface area (Å²) in [6.07, 6.45) is 0. The molecule has 3 nitrogen and oxygen atoms in total. The Morgan fingerprint density at radius 3 is 2.16 bits per heavy atom. The maximum absolute atomic E-state index is 6.09. The van der Waals surface area contributed by atoms with Crippen LogP contribution in [0.3, 0.4) is 0 Å². The maximum atomic E-state index is 6.09. The number of benzene rings is 2. The SMILES string of the molecule is Cc1ccc(Br)c(OCc2ccc(B3OC(C)(C)C(C)(C)O3)cc2)c1. The molecular formula is C20H24BBrO3. The molecule has 0 spiro atoms. The van der Waals surface area contributed by atoms with Gasteiger partial charge in [0.05, 0.1) is 15.7 Å². The monoisotopic (exact) mass is 402 g/mol. The average molecular weight is 403 g/mol. The Kier molecular flexibility index (Phi) is 5.02. The minimum atomic E-state index is -0.328. The van der Waals surface area contributed by atoms with Gasteiger partial charge in [-0.25, -0.2) is 0 Å². The molecule has 0 aromatic heterocycles. The molecular weight excluding hydrogens is 379 g/mol. The van der Waals surface area contributed by atoms with E-state index in [1.807, 2.05) is 24.3 Å². The molecule has 0 atom stereocenters. The van der Waals surface area contributed by atoms with E-state index in [1.54, 1.807) is 0 Å². The Balaban J connectivity index is 1.66. The van der Waals surface area contributed by atoms with Gasteiger partial charge in [-0.15, -0.1) is 0 Å². The fourth-order valence-electron chi connectivity index (χ4n) is 2.63. The van der Waals surface area contributed by atoms with E-state index >= 15 is 0 Å². The van der Waals surface area contributed by atoms with E-state index < -0.39 is 0 Å². The van der Waals surface area contributed by atoms with Gasteiger partial charge < -0.3 is 14.0 Å². The van der Waals surface area contributed by atoms with Gasteiger partial charge in [-0.05, 0) is 79.3 Å². The second kappa shape index (κ2) is 6.78. The van der Waals surface area contributed by atoms with Gasteiger partial charge in [0, 0.05) is 0 Å². The molecule has 1 aliphatic heterocycles. The molecule has 132 valence electrons. The van der Waals surface area contributed by atoms with Gasteiger partial charge in [0.15, 0.2) is 0 Å². The predicted octanol–water partition coefficient (Wildman–Crippen LogP) is 4.64. The molecule has 0 radical (unpaired) electrons. The van der Waals surface area contributed by atoms with Crippen molar-refractivity contribution in [2.24, 2.45) is 0 Å². The van der Waals surface area contributed by atoms with Crippen LogP contribution in [0.15, 0.2) is 46.9 Å². The Morgan fingerprint density at radius 2 is 1.56 bits per heavy atom. The third-order valence-electron chi connectivity index (χ3n) is 4.99. The lowest BCUT2D eigenvalue weighted by Gasteiger charge is -2.32. The summed E-state index contributed by atoms with van der Waals surface area (Å²) in [6.45, 7) is 10.8. The minimum absolute atomic E-state index is 0.323. The van der Waals surface area contributed by atoms with Gasteiger partial charge in [-0.2, -0.15) is 0 Å². The molecule has 2 aromatic rings. The summed E-state index contributed by atoms with van der Waals surface area (Å²) in [6, 6.07) is 14.3. The number of rotatable bonds is 4. The first-order valence-corrected chi connectivity index (χ1v) is 9.31. The molecule has 0 bridgehead atoms. The van der Waals surface area contributed by atoms with Crippen LogP contribution in [0.5, 0.6) is 5.75 Å². The number of halogens is 1. The number of aryl methyl sites for hydroxylation is 1. The first kappa shape index (κ1) is 18.5. The molecule has 1 fully saturated rings.